The van der Waals surface area contributed by atoms with Gasteiger partial charge in [-0.25, -0.2) is 0 Å². The van der Waals surface area contributed by atoms with E-state index < -0.39 is 22.9 Å². The van der Waals surface area contributed by atoms with Crippen LogP contribution in [-0.2, 0) is 4.79 Å². The number of allylic oxidation sites excluding steroid dienone is 2. The molecule has 5 aliphatic carbocycles. The summed E-state index contributed by atoms with van der Waals surface area (Å²) < 4.78 is 0. The molecule has 0 saturated heterocycles. The summed E-state index contributed by atoms with van der Waals surface area (Å²) >= 11 is 0. The van der Waals surface area contributed by atoms with Gasteiger partial charge in [-0.1, -0.05) is 53.2 Å². The van der Waals surface area contributed by atoms with Gasteiger partial charge in [0.1, 0.15) is 0 Å². The van der Waals surface area contributed by atoms with E-state index in [9.17, 15) is 20.1 Å². The standard InChI is InChI=1S/C30H48O4/c1-18-9-14-30(25(33)34)16-15-28(5)20(24(30)19(18)2)7-8-22-26(3)12-11-23(32)27(4,17-31)21(26)10-13-29(22,28)6/h7,18-19,21-24,31-32H,8-17H2,1-6H3,(H,33,34)/t18-,19+,21+,22-,23+,24+,26+,27+,28-,29-,30+/m1/s1. The molecule has 4 saturated carbocycles. The fraction of sp³-hybridized carbons (Fsp3) is 0.900. The first-order valence-electron chi connectivity index (χ1n) is 14.0. The highest BCUT2D eigenvalue weighted by molar-refractivity contribution is 5.76. The summed E-state index contributed by atoms with van der Waals surface area (Å²) in [6, 6.07) is 0. The van der Waals surface area contributed by atoms with E-state index in [2.05, 4.69) is 47.6 Å². The Morgan fingerprint density at radius 2 is 1.68 bits per heavy atom. The Balaban J connectivity index is 1.61. The largest absolute Gasteiger partial charge is 0.481 e. The highest BCUT2D eigenvalue weighted by Crippen LogP contribution is 2.75. The molecule has 0 unspecified atom stereocenters. The van der Waals surface area contributed by atoms with E-state index in [0.29, 0.717) is 23.7 Å². The van der Waals surface area contributed by atoms with Gasteiger partial charge in [-0.05, 0) is 104 Å². The molecule has 11 atom stereocenters. The van der Waals surface area contributed by atoms with Crippen LogP contribution in [0.3, 0.4) is 0 Å². The molecule has 0 spiro atoms. The van der Waals surface area contributed by atoms with Gasteiger partial charge in [-0.2, -0.15) is 0 Å². The molecule has 192 valence electrons. The minimum atomic E-state index is -0.591. The molecular weight excluding hydrogens is 424 g/mol. The molecule has 4 nitrogen and oxygen atoms in total. The Kier molecular flexibility index (Phi) is 5.52. The van der Waals surface area contributed by atoms with Gasteiger partial charge in [-0.15, -0.1) is 0 Å². The number of aliphatic carboxylic acids is 1. The van der Waals surface area contributed by atoms with Crippen LogP contribution in [0.4, 0.5) is 0 Å². The highest BCUT2D eigenvalue weighted by Gasteiger charge is 2.69. The minimum absolute atomic E-state index is 0.0184. The fourth-order valence-electron chi connectivity index (χ4n) is 10.9. The number of hydrogen-bond acceptors (Lipinski definition) is 3. The first-order chi connectivity index (χ1) is 15.8. The molecule has 0 aliphatic heterocycles. The molecule has 0 radical (unpaired) electrons. The number of aliphatic hydroxyl groups is 2. The van der Waals surface area contributed by atoms with Crippen LogP contribution in [0.25, 0.3) is 0 Å². The van der Waals surface area contributed by atoms with Crippen molar-refractivity contribution in [3.8, 4) is 0 Å². The molecule has 4 fully saturated rings. The van der Waals surface area contributed by atoms with Crippen molar-refractivity contribution in [2.45, 2.75) is 105 Å². The summed E-state index contributed by atoms with van der Waals surface area (Å²) in [4.78, 5) is 12.8. The summed E-state index contributed by atoms with van der Waals surface area (Å²) in [5.41, 5.74) is 0.670. The van der Waals surface area contributed by atoms with Gasteiger partial charge in [0.05, 0.1) is 18.1 Å². The third kappa shape index (κ3) is 2.76. The van der Waals surface area contributed by atoms with Gasteiger partial charge in [0.15, 0.2) is 0 Å². The van der Waals surface area contributed by atoms with Crippen LogP contribution >= 0.6 is 0 Å². The van der Waals surface area contributed by atoms with Crippen LogP contribution in [0.1, 0.15) is 99.3 Å². The number of carbonyl (C=O) groups is 1. The van der Waals surface area contributed by atoms with Gasteiger partial charge in [0.2, 0.25) is 0 Å². The van der Waals surface area contributed by atoms with Gasteiger partial charge in [0, 0.05) is 5.41 Å². The molecule has 0 aromatic carbocycles. The Bertz CT molecular complexity index is 896. The summed E-state index contributed by atoms with van der Waals surface area (Å²) in [5.74, 6) is 1.35. The Morgan fingerprint density at radius 3 is 2.32 bits per heavy atom. The van der Waals surface area contributed by atoms with Gasteiger partial charge in [-0.3, -0.25) is 4.79 Å². The van der Waals surface area contributed by atoms with Crippen molar-refractivity contribution in [3.05, 3.63) is 11.6 Å². The molecule has 4 heteroatoms. The first-order valence-corrected chi connectivity index (χ1v) is 14.0. The van der Waals surface area contributed by atoms with E-state index in [1.54, 1.807) is 0 Å². The van der Waals surface area contributed by atoms with Gasteiger partial charge < -0.3 is 15.3 Å². The van der Waals surface area contributed by atoms with E-state index >= 15 is 0 Å². The smallest absolute Gasteiger partial charge is 0.310 e. The molecule has 0 amide bonds. The van der Waals surface area contributed by atoms with Crippen LogP contribution in [0.2, 0.25) is 0 Å². The normalized spacial score (nSPS) is 56.9. The fourth-order valence-corrected chi connectivity index (χ4v) is 10.9. The molecule has 0 bridgehead atoms. The van der Waals surface area contributed by atoms with Crippen molar-refractivity contribution < 1.29 is 20.1 Å². The summed E-state index contributed by atoms with van der Waals surface area (Å²) in [5, 5.41) is 31.9. The second kappa shape index (κ2) is 7.57. The molecule has 3 N–H and O–H groups in total. The lowest BCUT2D eigenvalue weighted by Crippen LogP contribution is -2.66. The van der Waals surface area contributed by atoms with Crippen molar-refractivity contribution in [1.82, 2.24) is 0 Å². The van der Waals surface area contributed by atoms with E-state index in [-0.39, 0.29) is 28.8 Å². The maximum absolute atomic E-state index is 12.8. The Morgan fingerprint density at radius 1 is 0.971 bits per heavy atom. The number of fused-ring (bicyclic) bond motifs is 7. The quantitative estimate of drug-likeness (QED) is 0.427. The number of rotatable bonds is 2. The predicted molar refractivity (Wildman–Crippen MR) is 134 cm³/mol. The van der Waals surface area contributed by atoms with Crippen LogP contribution in [-0.4, -0.2) is 34.0 Å². The van der Waals surface area contributed by atoms with E-state index in [0.717, 1.165) is 57.8 Å². The van der Waals surface area contributed by atoms with E-state index in [1.807, 2.05) is 0 Å². The topological polar surface area (TPSA) is 77.8 Å². The maximum Gasteiger partial charge on any atom is 0.310 e. The molecular formula is C30H48O4. The Labute approximate surface area is 206 Å². The van der Waals surface area contributed by atoms with Gasteiger partial charge >= 0.3 is 5.97 Å². The van der Waals surface area contributed by atoms with Crippen molar-refractivity contribution in [2.75, 3.05) is 6.61 Å². The highest BCUT2D eigenvalue weighted by atomic mass is 16.4. The van der Waals surface area contributed by atoms with Crippen molar-refractivity contribution in [3.63, 3.8) is 0 Å². The SMILES string of the molecule is C[C@H]1[C@H](C)CC[C@]2(C(=O)O)CC[C@]3(C)C(=CC[C@@H]4[C@@]5(C)CC[C@H](O)[C@@](C)(CO)[C@H]5CC[C@]43C)[C@H]12. The van der Waals surface area contributed by atoms with Crippen LogP contribution in [0.5, 0.6) is 0 Å². The molecule has 34 heavy (non-hydrogen) atoms. The van der Waals surface area contributed by atoms with Gasteiger partial charge in [0.25, 0.3) is 0 Å². The lowest BCUT2D eigenvalue weighted by Gasteiger charge is -2.71. The third-order valence-electron chi connectivity index (χ3n) is 13.5. The zero-order valence-electron chi connectivity index (χ0n) is 22.4. The molecule has 5 rings (SSSR count). The van der Waals surface area contributed by atoms with Crippen molar-refractivity contribution in [2.24, 2.45) is 56.7 Å². The zero-order chi connectivity index (χ0) is 24.9. The second-order valence-corrected chi connectivity index (χ2v) is 14.3. The van der Waals surface area contributed by atoms with Crippen LogP contribution < -0.4 is 0 Å². The second-order valence-electron chi connectivity index (χ2n) is 14.3. The third-order valence-corrected chi connectivity index (χ3v) is 13.5. The maximum atomic E-state index is 12.8. The lowest BCUT2D eigenvalue weighted by molar-refractivity contribution is -0.217. The number of carboxylic acid groups (broad SMARTS) is 1. The summed E-state index contributed by atoms with van der Waals surface area (Å²) in [7, 11) is 0. The van der Waals surface area contributed by atoms with Crippen molar-refractivity contribution >= 4 is 5.97 Å². The average Bonchev–Trinajstić information content (AvgIpc) is 2.79. The average molecular weight is 473 g/mol. The zero-order valence-corrected chi connectivity index (χ0v) is 22.4. The van der Waals surface area contributed by atoms with Crippen molar-refractivity contribution in [1.29, 1.82) is 0 Å². The lowest BCUT2D eigenvalue weighted by atomic mass is 9.33. The number of hydrogen-bond donors (Lipinski definition) is 3. The number of carboxylic acids is 1. The summed E-state index contributed by atoms with van der Waals surface area (Å²) in [6.45, 7) is 14.3. The molecule has 0 aromatic heterocycles. The molecule has 0 aromatic rings. The molecule has 0 heterocycles. The van der Waals surface area contributed by atoms with Crippen LogP contribution in [0.15, 0.2) is 11.6 Å². The van der Waals surface area contributed by atoms with E-state index in [1.165, 1.54) is 5.57 Å². The van der Waals surface area contributed by atoms with E-state index in [4.69, 9.17) is 0 Å². The summed E-state index contributed by atoms with van der Waals surface area (Å²) in [6.07, 6.45) is 10.6. The minimum Gasteiger partial charge on any atom is -0.481 e. The predicted octanol–water partition coefficient (Wildman–Crippen LogP) is 6.06. The molecule has 5 aliphatic rings. The van der Waals surface area contributed by atoms with Crippen LogP contribution in [0, 0.1) is 56.7 Å². The first kappa shape index (κ1) is 24.8. The number of aliphatic hydroxyl groups excluding tert-OH is 2. The monoisotopic (exact) mass is 472 g/mol. The Hall–Kier alpha value is -0.870.